The Kier molecular flexibility index (Phi) is 6.52. The van der Waals surface area contributed by atoms with Crippen molar-refractivity contribution in [3.63, 3.8) is 0 Å². The first-order valence-corrected chi connectivity index (χ1v) is 10.2. The van der Waals surface area contributed by atoms with Crippen LogP contribution in [0.15, 0.2) is 48.5 Å². The Hall–Kier alpha value is -2.08. The van der Waals surface area contributed by atoms with Gasteiger partial charge < -0.3 is 14.7 Å². The van der Waals surface area contributed by atoms with Gasteiger partial charge in [0.25, 0.3) is 0 Å². The van der Waals surface area contributed by atoms with E-state index in [0.717, 1.165) is 11.1 Å². The Morgan fingerprint density at radius 1 is 1.17 bits per heavy atom. The fourth-order valence-electron chi connectivity index (χ4n) is 3.93. The van der Waals surface area contributed by atoms with Crippen molar-refractivity contribution in [1.29, 1.82) is 0 Å². The van der Waals surface area contributed by atoms with E-state index in [9.17, 15) is 14.7 Å². The van der Waals surface area contributed by atoms with Gasteiger partial charge in [0.1, 0.15) is 18.2 Å². The summed E-state index contributed by atoms with van der Waals surface area (Å²) in [5.74, 6) is -1.38. The minimum absolute atomic E-state index is 0.198. The molecule has 1 saturated heterocycles. The minimum Gasteiger partial charge on any atom is -0.480 e. The van der Waals surface area contributed by atoms with E-state index in [1.165, 1.54) is 4.90 Å². The summed E-state index contributed by atoms with van der Waals surface area (Å²) >= 11 is 12.1. The smallest absolute Gasteiger partial charge is 0.326 e. The predicted octanol–water partition coefficient (Wildman–Crippen LogP) is 5.06. The number of morpholine rings is 1. The van der Waals surface area contributed by atoms with Crippen molar-refractivity contribution in [1.82, 2.24) is 4.90 Å². The lowest BCUT2D eigenvalue weighted by Gasteiger charge is -2.50. The number of carbonyl (C=O) groups excluding carboxylic acids is 1. The Balaban J connectivity index is 2.19. The van der Waals surface area contributed by atoms with Crippen molar-refractivity contribution in [2.24, 2.45) is 0 Å². The number of carboxylic acid groups (broad SMARTS) is 1. The average Bonchev–Trinajstić information content (AvgIpc) is 2.69. The highest BCUT2D eigenvalue weighted by atomic mass is 35.5. The zero-order valence-electron chi connectivity index (χ0n) is 16.3. The lowest BCUT2D eigenvalue weighted by Crippen LogP contribution is -2.58. The number of aliphatic carboxylic acids is 1. The topological polar surface area (TPSA) is 66.8 Å². The van der Waals surface area contributed by atoms with E-state index in [4.69, 9.17) is 27.9 Å². The van der Waals surface area contributed by atoms with E-state index in [0.29, 0.717) is 22.9 Å². The van der Waals surface area contributed by atoms with Crippen LogP contribution in [0.4, 0.5) is 0 Å². The normalized spacial score (nSPS) is 23.1. The van der Waals surface area contributed by atoms with Crippen LogP contribution in [-0.2, 0) is 19.9 Å². The van der Waals surface area contributed by atoms with Gasteiger partial charge in [-0.25, -0.2) is 4.79 Å². The molecule has 1 heterocycles. The number of benzene rings is 2. The molecule has 0 spiro atoms. The van der Waals surface area contributed by atoms with Crippen LogP contribution < -0.4 is 0 Å². The summed E-state index contributed by atoms with van der Waals surface area (Å²) in [6.45, 7) is 3.58. The summed E-state index contributed by atoms with van der Waals surface area (Å²) < 4.78 is 6.08. The molecule has 0 unspecified atom stereocenters. The maximum absolute atomic E-state index is 12.9. The monoisotopic (exact) mass is 435 g/mol. The van der Waals surface area contributed by atoms with Crippen LogP contribution in [0.25, 0.3) is 0 Å². The summed E-state index contributed by atoms with van der Waals surface area (Å²) in [6, 6.07) is 12.7. The van der Waals surface area contributed by atoms with Crippen LogP contribution in [0, 0.1) is 0 Å². The Labute approximate surface area is 180 Å². The van der Waals surface area contributed by atoms with Crippen molar-refractivity contribution in [3.05, 3.63) is 69.7 Å². The van der Waals surface area contributed by atoms with Crippen molar-refractivity contribution < 1.29 is 19.4 Å². The predicted molar refractivity (Wildman–Crippen MR) is 112 cm³/mol. The van der Waals surface area contributed by atoms with Gasteiger partial charge in [0.05, 0.1) is 6.04 Å². The molecule has 154 valence electrons. The number of rotatable bonds is 6. The average molecular weight is 436 g/mol. The second-order valence-electron chi connectivity index (χ2n) is 7.30. The van der Waals surface area contributed by atoms with E-state index in [1.54, 1.807) is 36.4 Å². The molecular weight excluding hydrogens is 413 g/mol. The number of amides is 1. The maximum Gasteiger partial charge on any atom is 0.326 e. The standard InChI is InChI=1S/C22H23Cl2NO4/c1-3-4-18(21(27)28)25-19(26)13-29-22(2,15-7-11-17(24)12-8-15)20(25)14-5-9-16(23)10-6-14/h5-12,18,20H,3-4,13H2,1-2H3,(H,27,28)/t18-,20+,22-/m1/s1. The fraction of sp³-hybridized carbons (Fsp3) is 0.364. The van der Waals surface area contributed by atoms with Crippen LogP contribution in [-0.4, -0.2) is 34.5 Å². The third kappa shape index (κ3) is 4.27. The van der Waals surface area contributed by atoms with Crippen molar-refractivity contribution >= 4 is 35.1 Å². The number of ether oxygens (including phenoxy) is 1. The van der Waals surface area contributed by atoms with Crippen molar-refractivity contribution in [2.45, 2.75) is 44.4 Å². The molecule has 2 aromatic carbocycles. The van der Waals surface area contributed by atoms with Gasteiger partial charge in [0, 0.05) is 10.0 Å². The van der Waals surface area contributed by atoms with E-state index in [-0.39, 0.29) is 12.5 Å². The van der Waals surface area contributed by atoms with Gasteiger partial charge >= 0.3 is 5.97 Å². The SMILES string of the molecule is CCC[C@H](C(=O)O)N1C(=O)CO[C@](C)(c2ccc(Cl)cc2)[C@@H]1c1ccc(Cl)cc1. The molecule has 2 aromatic rings. The second kappa shape index (κ2) is 8.74. The van der Waals surface area contributed by atoms with Gasteiger partial charge in [-0.2, -0.15) is 0 Å². The molecule has 1 aliphatic heterocycles. The highest BCUT2D eigenvalue weighted by molar-refractivity contribution is 6.30. The lowest BCUT2D eigenvalue weighted by molar-refractivity contribution is -0.189. The number of hydrogen-bond donors (Lipinski definition) is 1. The van der Waals surface area contributed by atoms with Crippen LogP contribution in [0.5, 0.6) is 0 Å². The molecule has 0 aromatic heterocycles. The Morgan fingerprint density at radius 3 is 2.24 bits per heavy atom. The van der Waals surface area contributed by atoms with E-state index in [2.05, 4.69) is 0 Å². The van der Waals surface area contributed by atoms with Gasteiger partial charge in [-0.05, 0) is 48.7 Å². The fourth-order valence-corrected chi connectivity index (χ4v) is 4.18. The summed E-state index contributed by atoms with van der Waals surface area (Å²) in [7, 11) is 0. The molecule has 1 N–H and O–H groups in total. The lowest BCUT2D eigenvalue weighted by atomic mass is 9.80. The molecule has 3 rings (SSSR count). The Morgan fingerprint density at radius 2 is 1.72 bits per heavy atom. The molecular formula is C22H23Cl2NO4. The molecule has 5 nitrogen and oxygen atoms in total. The quantitative estimate of drug-likeness (QED) is 0.687. The van der Waals surface area contributed by atoms with Crippen molar-refractivity contribution in [2.75, 3.05) is 6.61 Å². The summed E-state index contributed by atoms with van der Waals surface area (Å²) in [4.78, 5) is 26.5. The number of halogens is 2. The zero-order chi connectivity index (χ0) is 21.2. The molecule has 0 saturated carbocycles. The second-order valence-corrected chi connectivity index (χ2v) is 8.17. The number of carboxylic acids is 1. The van der Waals surface area contributed by atoms with Crippen molar-refractivity contribution in [3.8, 4) is 0 Å². The first-order valence-electron chi connectivity index (χ1n) is 9.47. The zero-order valence-corrected chi connectivity index (χ0v) is 17.8. The molecule has 3 atom stereocenters. The number of carbonyl (C=O) groups is 2. The van der Waals surface area contributed by atoms with Gasteiger partial charge in [-0.1, -0.05) is 60.8 Å². The summed E-state index contributed by atoms with van der Waals surface area (Å²) in [6.07, 6.45) is 0.981. The third-order valence-corrected chi connectivity index (χ3v) is 5.87. The largest absolute Gasteiger partial charge is 0.480 e. The molecule has 0 radical (unpaired) electrons. The number of nitrogens with zero attached hydrogens (tertiary/aromatic N) is 1. The molecule has 1 aliphatic rings. The van der Waals surface area contributed by atoms with Gasteiger partial charge in [-0.15, -0.1) is 0 Å². The molecule has 7 heteroatoms. The highest BCUT2D eigenvalue weighted by Gasteiger charge is 2.50. The molecule has 29 heavy (non-hydrogen) atoms. The van der Waals surface area contributed by atoms with Gasteiger partial charge in [0.2, 0.25) is 5.91 Å². The highest BCUT2D eigenvalue weighted by Crippen LogP contribution is 2.46. The first kappa shape index (κ1) is 21.6. The van der Waals surface area contributed by atoms with Gasteiger partial charge in [-0.3, -0.25) is 4.79 Å². The molecule has 1 fully saturated rings. The molecule has 1 amide bonds. The van der Waals surface area contributed by atoms with Gasteiger partial charge in [0.15, 0.2) is 0 Å². The van der Waals surface area contributed by atoms with Crippen LogP contribution in [0.1, 0.15) is 43.9 Å². The van der Waals surface area contributed by atoms with Crippen LogP contribution in [0.2, 0.25) is 10.0 Å². The molecule has 0 bridgehead atoms. The van der Waals surface area contributed by atoms with Crippen LogP contribution in [0.3, 0.4) is 0 Å². The third-order valence-electron chi connectivity index (χ3n) is 5.37. The minimum atomic E-state index is -1.03. The maximum atomic E-state index is 12.9. The van der Waals surface area contributed by atoms with E-state index >= 15 is 0 Å². The molecule has 0 aliphatic carbocycles. The summed E-state index contributed by atoms with van der Waals surface area (Å²) in [5.41, 5.74) is 0.593. The first-order chi connectivity index (χ1) is 13.8. The number of hydrogen-bond acceptors (Lipinski definition) is 3. The Bertz CT molecular complexity index is 885. The van der Waals surface area contributed by atoms with Crippen LogP contribution >= 0.6 is 23.2 Å². The van der Waals surface area contributed by atoms with E-state index < -0.39 is 23.7 Å². The summed E-state index contributed by atoms with van der Waals surface area (Å²) in [5, 5.41) is 11.0. The van der Waals surface area contributed by atoms with E-state index in [1.807, 2.05) is 26.0 Å².